The fourth-order valence-electron chi connectivity index (χ4n) is 2.79. The van der Waals surface area contributed by atoms with Crippen molar-refractivity contribution in [1.82, 2.24) is 4.90 Å². The average molecular weight is 314 g/mol. The number of β-amino-alcohol motifs (C(OH)–C–C–N with tert-alkyl or cyclic N) is 1. The number of benzene rings is 1. The first-order chi connectivity index (χ1) is 9.48. The van der Waals surface area contributed by atoms with Crippen molar-refractivity contribution in [2.75, 3.05) is 13.1 Å². The Hall–Kier alpha value is -0.770. The molecule has 1 heterocycles. The van der Waals surface area contributed by atoms with Crippen LogP contribution >= 0.6 is 23.2 Å². The van der Waals surface area contributed by atoms with Crippen molar-refractivity contribution in [3.05, 3.63) is 33.8 Å². The highest BCUT2D eigenvalue weighted by atomic mass is 35.5. The second-order valence-corrected chi connectivity index (χ2v) is 6.71. The van der Waals surface area contributed by atoms with Gasteiger partial charge in [0.15, 0.2) is 0 Å². The van der Waals surface area contributed by atoms with Crippen LogP contribution in [-0.2, 0) is 11.2 Å². The number of nitrogens with zero attached hydrogens (tertiary/aromatic N) is 1. The summed E-state index contributed by atoms with van der Waals surface area (Å²) < 4.78 is 0. The zero-order chi connectivity index (χ0) is 14.3. The number of aryl methyl sites for hydroxylation is 1. The Balaban J connectivity index is 1.50. The first kappa shape index (κ1) is 14.2. The summed E-state index contributed by atoms with van der Waals surface area (Å²) in [5.41, 5.74) is 0.329. The van der Waals surface area contributed by atoms with Gasteiger partial charge >= 0.3 is 0 Å². The van der Waals surface area contributed by atoms with E-state index in [0.717, 1.165) is 18.4 Å². The molecule has 1 amide bonds. The molecule has 20 heavy (non-hydrogen) atoms. The maximum atomic E-state index is 12.1. The molecule has 2 fully saturated rings. The summed E-state index contributed by atoms with van der Waals surface area (Å²) in [5.74, 6) is 0.499. The van der Waals surface area contributed by atoms with E-state index in [2.05, 4.69) is 0 Å². The molecule has 1 aliphatic heterocycles. The number of amides is 1. The number of rotatable bonds is 4. The molecule has 0 spiro atoms. The minimum Gasteiger partial charge on any atom is -0.386 e. The topological polar surface area (TPSA) is 40.5 Å². The Morgan fingerprint density at radius 2 is 2.05 bits per heavy atom. The third kappa shape index (κ3) is 2.80. The molecule has 5 heteroatoms. The molecule has 3 rings (SSSR count). The van der Waals surface area contributed by atoms with Crippen LogP contribution in [0, 0.1) is 5.92 Å². The summed E-state index contributed by atoms with van der Waals surface area (Å²) in [7, 11) is 0. The molecule has 3 nitrogen and oxygen atoms in total. The summed E-state index contributed by atoms with van der Waals surface area (Å²) in [5, 5.41) is 11.4. The lowest BCUT2D eigenvalue weighted by molar-refractivity contribution is -0.159. The van der Waals surface area contributed by atoms with Crippen LogP contribution in [0.5, 0.6) is 0 Å². The molecule has 1 aromatic rings. The standard InChI is InChI=1S/C15H17Cl2NO2/c16-12-5-1-10(13(17)7-12)2-6-14(19)18-8-15(20,9-18)11-3-4-11/h1,5,7,11,20H,2-4,6,8-9H2. The van der Waals surface area contributed by atoms with Gasteiger partial charge in [-0.2, -0.15) is 0 Å². The predicted molar refractivity (Wildman–Crippen MR) is 79.0 cm³/mol. The molecule has 108 valence electrons. The van der Waals surface area contributed by atoms with Crippen LogP contribution in [0.2, 0.25) is 10.0 Å². The van der Waals surface area contributed by atoms with E-state index >= 15 is 0 Å². The quantitative estimate of drug-likeness (QED) is 0.928. The molecule has 1 saturated heterocycles. The number of aliphatic hydroxyl groups is 1. The Bertz CT molecular complexity index is 537. The molecular formula is C15H17Cl2NO2. The van der Waals surface area contributed by atoms with E-state index in [-0.39, 0.29) is 5.91 Å². The minimum atomic E-state index is -0.604. The van der Waals surface area contributed by atoms with Crippen LogP contribution < -0.4 is 0 Å². The molecule has 1 saturated carbocycles. The van der Waals surface area contributed by atoms with E-state index in [1.165, 1.54) is 0 Å². The van der Waals surface area contributed by atoms with Gasteiger partial charge in [-0.1, -0.05) is 29.3 Å². The van der Waals surface area contributed by atoms with E-state index in [0.29, 0.717) is 41.9 Å². The first-order valence-electron chi connectivity index (χ1n) is 6.92. The largest absolute Gasteiger partial charge is 0.386 e. The first-order valence-corrected chi connectivity index (χ1v) is 7.68. The second-order valence-electron chi connectivity index (χ2n) is 5.86. The minimum absolute atomic E-state index is 0.0846. The second kappa shape index (κ2) is 5.21. The van der Waals surface area contributed by atoms with E-state index < -0.39 is 5.60 Å². The van der Waals surface area contributed by atoms with Gasteiger partial charge in [-0.15, -0.1) is 0 Å². The third-order valence-corrected chi connectivity index (χ3v) is 4.83. The van der Waals surface area contributed by atoms with E-state index in [1.54, 1.807) is 17.0 Å². The van der Waals surface area contributed by atoms with Crippen LogP contribution in [0.25, 0.3) is 0 Å². The molecule has 0 aromatic heterocycles. The van der Waals surface area contributed by atoms with Gasteiger partial charge in [0.25, 0.3) is 0 Å². The molecule has 1 aromatic carbocycles. The maximum Gasteiger partial charge on any atom is 0.223 e. The summed E-state index contributed by atoms with van der Waals surface area (Å²) >= 11 is 11.9. The lowest BCUT2D eigenvalue weighted by atomic mass is 9.88. The molecule has 2 aliphatic rings. The summed E-state index contributed by atoms with van der Waals surface area (Å²) in [6.07, 6.45) is 3.22. The van der Waals surface area contributed by atoms with Gasteiger partial charge in [0, 0.05) is 16.5 Å². The lowest BCUT2D eigenvalue weighted by Gasteiger charge is -2.47. The predicted octanol–water partition coefficient (Wildman–Crippen LogP) is 2.91. The molecule has 0 bridgehead atoms. The van der Waals surface area contributed by atoms with Crippen LogP contribution in [0.1, 0.15) is 24.8 Å². The lowest BCUT2D eigenvalue weighted by Crippen LogP contribution is -2.64. The van der Waals surface area contributed by atoms with Gasteiger partial charge in [-0.25, -0.2) is 0 Å². The highest BCUT2D eigenvalue weighted by molar-refractivity contribution is 6.35. The van der Waals surface area contributed by atoms with Crippen molar-refractivity contribution >= 4 is 29.1 Å². The molecular weight excluding hydrogens is 297 g/mol. The smallest absolute Gasteiger partial charge is 0.223 e. The summed E-state index contributed by atoms with van der Waals surface area (Å²) in [4.78, 5) is 13.8. The highest BCUT2D eigenvalue weighted by Gasteiger charge is 2.52. The highest BCUT2D eigenvalue weighted by Crippen LogP contribution is 2.44. The van der Waals surface area contributed by atoms with E-state index in [4.69, 9.17) is 23.2 Å². The number of hydrogen-bond donors (Lipinski definition) is 1. The van der Waals surface area contributed by atoms with Gasteiger partial charge < -0.3 is 10.0 Å². The van der Waals surface area contributed by atoms with Crippen LogP contribution in [-0.4, -0.2) is 34.6 Å². The number of likely N-dealkylation sites (tertiary alicyclic amines) is 1. The van der Waals surface area contributed by atoms with Gasteiger partial charge in [-0.3, -0.25) is 4.79 Å². The third-order valence-electron chi connectivity index (χ3n) is 4.24. The molecule has 0 unspecified atom stereocenters. The molecule has 0 atom stereocenters. The molecule has 1 N–H and O–H groups in total. The fourth-order valence-corrected chi connectivity index (χ4v) is 3.30. The Morgan fingerprint density at radius 3 is 2.65 bits per heavy atom. The Labute approximate surface area is 128 Å². The van der Waals surface area contributed by atoms with Crippen molar-refractivity contribution in [2.45, 2.75) is 31.3 Å². The molecule has 1 aliphatic carbocycles. The van der Waals surface area contributed by atoms with Crippen LogP contribution in [0.3, 0.4) is 0 Å². The zero-order valence-electron chi connectivity index (χ0n) is 11.1. The van der Waals surface area contributed by atoms with E-state index in [1.807, 2.05) is 6.07 Å². The number of carbonyl (C=O) groups excluding carboxylic acids is 1. The monoisotopic (exact) mass is 313 g/mol. The zero-order valence-corrected chi connectivity index (χ0v) is 12.6. The number of carbonyl (C=O) groups is 1. The van der Waals surface area contributed by atoms with Gasteiger partial charge in [-0.05, 0) is 42.9 Å². The number of hydrogen-bond acceptors (Lipinski definition) is 2. The molecule has 0 radical (unpaired) electrons. The summed E-state index contributed by atoms with van der Waals surface area (Å²) in [6.45, 7) is 0.982. The van der Waals surface area contributed by atoms with Gasteiger partial charge in [0.2, 0.25) is 5.91 Å². The average Bonchev–Trinajstić information content (AvgIpc) is 3.18. The van der Waals surface area contributed by atoms with Crippen molar-refractivity contribution in [1.29, 1.82) is 0 Å². The van der Waals surface area contributed by atoms with E-state index in [9.17, 15) is 9.90 Å². The Kier molecular flexibility index (Phi) is 3.69. The van der Waals surface area contributed by atoms with Crippen molar-refractivity contribution < 1.29 is 9.90 Å². The SMILES string of the molecule is O=C(CCc1ccc(Cl)cc1Cl)N1CC(O)(C2CC2)C1. The van der Waals surface area contributed by atoms with Gasteiger partial charge in [0.1, 0.15) is 5.60 Å². The van der Waals surface area contributed by atoms with Crippen LogP contribution in [0.15, 0.2) is 18.2 Å². The number of halogens is 2. The van der Waals surface area contributed by atoms with Crippen molar-refractivity contribution in [3.63, 3.8) is 0 Å². The van der Waals surface area contributed by atoms with Gasteiger partial charge in [0.05, 0.1) is 13.1 Å². The summed E-state index contributed by atoms with van der Waals surface area (Å²) in [6, 6.07) is 5.33. The normalized spacial score (nSPS) is 20.6. The maximum absolute atomic E-state index is 12.1. The van der Waals surface area contributed by atoms with Crippen LogP contribution in [0.4, 0.5) is 0 Å². The Morgan fingerprint density at radius 1 is 1.35 bits per heavy atom. The fraction of sp³-hybridized carbons (Fsp3) is 0.533. The van der Waals surface area contributed by atoms with Crippen molar-refractivity contribution in [3.8, 4) is 0 Å². The van der Waals surface area contributed by atoms with Crippen molar-refractivity contribution in [2.24, 2.45) is 5.92 Å².